The van der Waals surface area contributed by atoms with Crippen LogP contribution in [0.2, 0.25) is 0 Å². The summed E-state index contributed by atoms with van der Waals surface area (Å²) in [5.41, 5.74) is 2.65. The van der Waals surface area contributed by atoms with Gasteiger partial charge in [0.1, 0.15) is 0 Å². The van der Waals surface area contributed by atoms with Gasteiger partial charge in [0.05, 0.1) is 6.04 Å². The molecule has 146 valence electrons. The van der Waals surface area contributed by atoms with E-state index >= 15 is 0 Å². The maximum atomic E-state index is 4.38. The summed E-state index contributed by atoms with van der Waals surface area (Å²) in [6, 6.07) is 9.14. The van der Waals surface area contributed by atoms with Crippen molar-refractivity contribution in [1.82, 2.24) is 15.5 Å². The van der Waals surface area contributed by atoms with E-state index in [4.69, 9.17) is 0 Å². The first-order valence-electron chi connectivity index (χ1n) is 10.2. The standard InChI is InChI=1S/C21H37N5/c1-5-25(6-2)14-10-13-23-21(22-4)24-18(3)19-11-9-12-20(17-19)26-15-7-8-16-26/h9,11-12,17-18H,5-8,10,13-16H2,1-4H3,(H2,22,23,24). The molecule has 26 heavy (non-hydrogen) atoms. The third-order valence-electron chi connectivity index (χ3n) is 5.26. The minimum absolute atomic E-state index is 0.228. The van der Waals surface area contributed by atoms with Crippen LogP contribution in [0, 0.1) is 0 Å². The summed E-state index contributed by atoms with van der Waals surface area (Å²) in [5.74, 6) is 0.878. The Hall–Kier alpha value is -1.75. The number of aliphatic imine (C=N–C) groups is 1. The summed E-state index contributed by atoms with van der Waals surface area (Å²) in [5, 5.41) is 6.97. The van der Waals surface area contributed by atoms with Gasteiger partial charge in [0.15, 0.2) is 5.96 Å². The fraction of sp³-hybridized carbons (Fsp3) is 0.667. The minimum Gasteiger partial charge on any atom is -0.372 e. The van der Waals surface area contributed by atoms with E-state index in [1.165, 1.54) is 37.2 Å². The van der Waals surface area contributed by atoms with Gasteiger partial charge in [-0.15, -0.1) is 0 Å². The van der Waals surface area contributed by atoms with Crippen molar-refractivity contribution >= 4 is 11.6 Å². The van der Waals surface area contributed by atoms with Crippen LogP contribution in [0.1, 0.15) is 51.6 Å². The molecule has 1 saturated heterocycles. The zero-order valence-electron chi connectivity index (χ0n) is 17.1. The molecule has 5 heteroatoms. The van der Waals surface area contributed by atoms with Gasteiger partial charge in [0, 0.05) is 32.4 Å². The van der Waals surface area contributed by atoms with Crippen molar-refractivity contribution in [1.29, 1.82) is 0 Å². The van der Waals surface area contributed by atoms with Crippen molar-refractivity contribution in [3.63, 3.8) is 0 Å². The lowest BCUT2D eigenvalue weighted by Gasteiger charge is -2.22. The Balaban J connectivity index is 1.83. The Morgan fingerprint density at radius 3 is 2.62 bits per heavy atom. The van der Waals surface area contributed by atoms with Gasteiger partial charge in [-0.2, -0.15) is 0 Å². The van der Waals surface area contributed by atoms with Crippen molar-refractivity contribution in [3.05, 3.63) is 29.8 Å². The highest BCUT2D eigenvalue weighted by atomic mass is 15.2. The highest BCUT2D eigenvalue weighted by Gasteiger charge is 2.14. The van der Waals surface area contributed by atoms with Gasteiger partial charge in [0.2, 0.25) is 0 Å². The quantitative estimate of drug-likeness (QED) is 0.403. The van der Waals surface area contributed by atoms with E-state index in [9.17, 15) is 0 Å². The Morgan fingerprint density at radius 2 is 1.96 bits per heavy atom. The van der Waals surface area contributed by atoms with Crippen LogP contribution in [0.25, 0.3) is 0 Å². The van der Waals surface area contributed by atoms with E-state index in [0.29, 0.717) is 0 Å². The molecule has 0 aliphatic carbocycles. The molecule has 1 aromatic rings. The first-order valence-corrected chi connectivity index (χ1v) is 10.2. The van der Waals surface area contributed by atoms with E-state index in [0.717, 1.165) is 38.6 Å². The number of hydrogen-bond acceptors (Lipinski definition) is 3. The van der Waals surface area contributed by atoms with E-state index in [-0.39, 0.29) is 6.04 Å². The second kappa shape index (κ2) is 11.1. The molecule has 1 aliphatic heterocycles. The van der Waals surface area contributed by atoms with Crippen molar-refractivity contribution in [2.75, 3.05) is 51.2 Å². The van der Waals surface area contributed by atoms with Crippen LogP contribution in [-0.2, 0) is 0 Å². The molecule has 0 radical (unpaired) electrons. The molecule has 1 heterocycles. The first kappa shape index (κ1) is 20.6. The molecule has 1 aromatic carbocycles. The minimum atomic E-state index is 0.228. The predicted molar refractivity (Wildman–Crippen MR) is 113 cm³/mol. The van der Waals surface area contributed by atoms with Crippen LogP contribution < -0.4 is 15.5 Å². The maximum absolute atomic E-state index is 4.38. The number of rotatable bonds is 9. The maximum Gasteiger partial charge on any atom is 0.191 e. The Kier molecular flexibility index (Phi) is 8.75. The molecule has 0 saturated carbocycles. The molecule has 1 unspecified atom stereocenters. The Labute approximate surface area is 159 Å². The summed E-state index contributed by atoms with van der Waals surface area (Å²) in [6.07, 6.45) is 3.74. The summed E-state index contributed by atoms with van der Waals surface area (Å²) in [4.78, 5) is 9.31. The van der Waals surface area contributed by atoms with E-state index in [1.54, 1.807) is 0 Å². The fourth-order valence-corrected chi connectivity index (χ4v) is 3.50. The number of benzene rings is 1. The topological polar surface area (TPSA) is 42.9 Å². The van der Waals surface area contributed by atoms with Gasteiger partial charge in [-0.25, -0.2) is 0 Å². The molecule has 5 nitrogen and oxygen atoms in total. The van der Waals surface area contributed by atoms with E-state index in [2.05, 4.69) is 70.5 Å². The van der Waals surface area contributed by atoms with E-state index in [1.807, 2.05) is 7.05 Å². The molecule has 0 spiro atoms. The van der Waals surface area contributed by atoms with E-state index < -0.39 is 0 Å². The van der Waals surface area contributed by atoms with Gasteiger partial charge < -0.3 is 20.4 Å². The van der Waals surface area contributed by atoms with Crippen molar-refractivity contribution in [2.45, 2.75) is 46.1 Å². The average Bonchev–Trinajstić information content (AvgIpc) is 3.22. The van der Waals surface area contributed by atoms with Gasteiger partial charge >= 0.3 is 0 Å². The molecule has 1 fully saturated rings. The van der Waals surface area contributed by atoms with Crippen molar-refractivity contribution in [3.8, 4) is 0 Å². The van der Waals surface area contributed by atoms with Crippen LogP contribution in [0.15, 0.2) is 29.3 Å². The largest absolute Gasteiger partial charge is 0.372 e. The molecular weight excluding hydrogens is 322 g/mol. The van der Waals surface area contributed by atoms with Crippen LogP contribution in [0.5, 0.6) is 0 Å². The van der Waals surface area contributed by atoms with Gasteiger partial charge in [-0.1, -0.05) is 26.0 Å². The summed E-state index contributed by atoms with van der Waals surface area (Å²) in [6.45, 7) is 13.3. The van der Waals surface area contributed by atoms with Crippen LogP contribution in [0.3, 0.4) is 0 Å². The average molecular weight is 360 g/mol. The second-order valence-electron chi connectivity index (χ2n) is 7.03. The third kappa shape index (κ3) is 6.20. The zero-order chi connectivity index (χ0) is 18.8. The summed E-state index contributed by atoms with van der Waals surface area (Å²) >= 11 is 0. The van der Waals surface area contributed by atoms with Crippen molar-refractivity contribution < 1.29 is 0 Å². The van der Waals surface area contributed by atoms with Gasteiger partial charge in [0.25, 0.3) is 0 Å². The van der Waals surface area contributed by atoms with Crippen LogP contribution in [0.4, 0.5) is 5.69 Å². The van der Waals surface area contributed by atoms with Crippen molar-refractivity contribution in [2.24, 2.45) is 4.99 Å². The number of nitrogens with zero attached hydrogens (tertiary/aromatic N) is 3. The number of anilines is 1. The molecular formula is C21H37N5. The van der Waals surface area contributed by atoms with Crippen LogP contribution in [-0.4, -0.2) is 57.2 Å². The summed E-state index contributed by atoms with van der Waals surface area (Å²) in [7, 11) is 1.84. The molecule has 2 rings (SSSR count). The molecule has 0 bridgehead atoms. The van der Waals surface area contributed by atoms with Gasteiger partial charge in [-0.05, 0) is 63.5 Å². The lowest BCUT2D eigenvalue weighted by atomic mass is 10.1. The molecule has 0 amide bonds. The first-order chi connectivity index (χ1) is 12.7. The predicted octanol–water partition coefficient (Wildman–Crippen LogP) is 3.24. The number of hydrogen-bond donors (Lipinski definition) is 2. The summed E-state index contributed by atoms with van der Waals surface area (Å²) < 4.78 is 0. The molecule has 1 aliphatic rings. The highest BCUT2D eigenvalue weighted by molar-refractivity contribution is 5.80. The Morgan fingerprint density at radius 1 is 1.23 bits per heavy atom. The smallest absolute Gasteiger partial charge is 0.191 e. The molecule has 2 N–H and O–H groups in total. The highest BCUT2D eigenvalue weighted by Crippen LogP contribution is 2.23. The third-order valence-corrected chi connectivity index (χ3v) is 5.26. The number of nitrogens with one attached hydrogen (secondary N) is 2. The lowest BCUT2D eigenvalue weighted by molar-refractivity contribution is 0.300. The lowest BCUT2D eigenvalue weighted by Crippen LogP contribution is -2.40. The SMILES string of the molecule is CCN(CC)CCCNC(=NC)NC(C)c1cccc(N2CCCC2)c1. The normalized spacial score (nSPS) is 16.2. The number of guanidine groups is 1. The van der Waals surface area contributed by atoms with Crippen LogP contribution >= 0.6 is 0 Å². The fourth-order valence-electron chi connectivity index (χ4n) is 3.50. The van der Waals surface area contributed by atoms with Gasteiger partial charge in [-0.3, -0.25) is 4.99 Å². The second-order valence-corrected chi connectivity index (χ2v) is 7.03. The molecule has 0 aromatic heterocycles. The monoisotopic (exact) mass is 359 g/mol. The zero-order valence-corrected chi connectivity index (χ0v) is 17.1. The molecule has 1 atom stereocenters. The Bertz CT molecular complexity index is 547.